The fraction of sp³-hybridized carbons (Fsp3) is 0.947. The van der Waals surface area contributed by atoms with Gasteiger partial charge in [-0.15, -0.1) is 0 Å². The molecule has 1 fully saturated rings. The first-order chi connectivity index (χ1) is 12.6. The van der Waals surface area contributed by atoms with E-state index in [1.165, 1.54) is 4.90 Å². The van der Waals surface area contributed by atoms with Crippen LogP contribution >= 0.6 is 0 Å². The van der Waals surface area contributed by atoms with Gasteiger partial charge in [0.25, 0.3) is 0 Å². The molecule has 27 heavy (non-hydrogen) atoms. The topological polar surface area (TPSA) is 42.9 Å². The van der Waals surface area contributed by atoms with Crippen LogP contribution in [-0.2, 0) is 0 Å². The highest BCUT2D eigenvalue weighted by atomic mass is 19.4. The van der Waals surface area contributed by atoms with E-state index in [0.29, 0.717) is 31.1 Å². The Morgan fingerprint density at radius 3 is 2.11 bits per heavy atom. The highest BCUT2D eigenvalue weighted by Crippen LogP contribution is 2.23. The fourth-order valence-corrected chi connectivity index (χ4v) is 3.72. The van der Waals surface area contributed by atoms with Gasteiger partial charge in [0.05, 0.1) is 6.54 Å². The Kier molecular flexibility index (Phi) is 10.4. The Hall–Kier alpha value is -1.02. The molecule has 8 heteroatoms. The maximum absolute atomic E-state index is 12.4. The summed E-state index contributed by atoms with van der Waals surface area (Å²) >= 11 is 0. The summed E-state index contributed by atoms with van der Waals surface area (Å²) in [6.45, 7) is 11.7. The predicted octanol–water partition coefficient (Wildman–Crippen LogP) is 2.93. The van der Waals surface area contributed by atoms with Crippen LogP contribution in [-0.4, -0.2) is 80.3 Å². The Morgan fingerprint density at radius 2 is 1.63 bits per heavy atom. The molecular weight excluding hydrogens is 355 g/mol. The van der Waals surface area contributed by atoms with E-state index in [-0.39, 0.29) is 0 Å². The van der Waals surface area contributed by atoms with Crippen LogP contribution in [0, 0.1) is 5.92 Å². The van der Waals surface area contributed by atoms with Crippen molar-refractivity contribution in [1.82, 2.24) is 20.4 Å². The highest BCUT2D eigenvalue weighted by Gasteiger charge is 2.32. The standard InChI is InChI=1S/C19H38F3N5/c1-15(2)27(16(3)4)13-10-25-18(23-5)24-9-6-17-7-11-26(12-8-17)14-19(20,21)22/h15-17H,6-14H2,1-5H3,(H2,23,24,25). The summed E-state index contributed by atoms with van der Waals surface area (Å²) in [4.78, 5) is 8.19. The summed E-state index contributed by atoms with van der Waals surface area (Å²) in [5, 5.41) is 6.67. The maximum Gasteiger partial charge on any atom is 0.401 e. The zero-order valence-corrected chi connectivity index (χ0v) is 17.6. The molecule has 160 valence electrons. The summed E-state index contributed by atoms with van der Waals surface area (Å²) in [6.07, 6.45) is -1.46. The van der Waals surface area contributed by atoms with Crippen LogP contribution in [0.3, 0.4) is 0 Å². The summed E-state index contributed by atoms with van der Waals surface area (Å²) in [6, 6.07) is 1.01. The second-order valence-electron chi connectivity index (χ2n) is 7.97. The van der Waals surface area contributed by atoms with Gasteiger partial charge < -0.3 is 10.6 Å². The molecule has 0 aromatic carbocycles. The first-order valence-corrected chi connectivity index (χ1v) is 10.1. The molecular formula is C19H38F3N5. The van der Waals surface area contributed by atoms with Crippen LogP contribution in [0.4, 0.5) is 13.2 Å². The summed E-state index contributed by atoms with van der Waals surface area (Å²) in [5.41, 5.74) is 0. The molecule has 1 rings (SSSR count). The SMILES string of the molecule is CN=C(NCCC1CCN(CC(F)(F)F)CC1)NCCN(C(C)C)C(C)C. The van der Waals surface area contributed by atoms with E-state index in [1.54, 1.807) is 7.05 Å². The largest absolute Gasteiger partial charge is 0.401 e. The minimum absolute atomic E-state index is 0.484. The van der Waals surface area contributed by atoms with Gasteiger partial charge >= 0.3 is 6.18 Å². The minimum Gasteiger partial charge on any atom is -0.356 e. The minimum atomic E-state index is -4.09. The lowest BCUT2D eigenvalue weighted by molar-refractivity contribution is -0.148. The van der Waals surface area contributed by atoms with Crippen LogP contribution in [0.15, 0.2) is 4.99 Å². The third kappa shape index (κ3) is 10.2. The molecule has 1 heterocycles. The zero-order chi connectivity index (χ0) is 20.4. The molecule has 0 amide bonds. The number of piperidine rings is 1. The second-order valence-corrected chi connectivity index (χ2v) is 7.97. The molecule has 0 saturated carbocycles. The molecule has 0 spiro atoms. The molecule has 0 bridgehead atoms. The van der Waals surface area contributed by atoms with Crippen LogP contribution in [0.1, 0.15) is 47.0 Å². The summed E-state index contributed by atoms with van der Waals surface area (Å²) in [7, 11) is 1.76. The molecule has 0 radical (unpaired) electrons. The average molecular weight is 394 g/mol. The number of hydrogen-bond donors (Lipinski definition) is 2. The molecule has 1 saturated heterocycles. The van der Waals surface area contributed by atoms with Crippen molar-refractivity contribution in [2.45, 2.75) is 65.2 Å². The first kappa shape index (κ1) is 24.0. The Labute approximate surface area is 162 Å². The van der Waals surface area contributed by atoms with Crippen LogP contribution in [0.25, 0.3) is 0 Å². The monoisotopic (exact) mass is 393 g/mol. The van der Waals surface area contributed by atoms with Crippen molar-refractivity contribution >= 4 is 5.96 Å². The molecule has 0 aromatic rings. The zero-order valence-electron chi connectivity index (χ0n) is 17.6. The first-order valence-electron chi connectivity index (χ1n) is 10.1. The van der Waals surface area contributed by atoms with E-state index < -0.39 is 12.7 Å². The van der Waals surface area contributed by atoms with Crippen molar-refractivity contribution in [3.8, 4) is 0 Å². The second kappa shape index (κ2) is 11.7. The predicted molar refractivity (Wildman–Crippen MR) is 106 cm³/mol. The van der Waals surface area contributed by atoms with E-state index in [9.17, 15) is 13.2 Å². The van der Waals surface area contributed by atoms with E-state index in [1.807, 2.05) is 0 Å². The third-order valence-corrected chi connectivity index (χ3v) is 5.17. The smallest absolute Gasteiger partial charge is 0.356 e. The number of alkyl halides is 3. The number of guanidine groups is 1. The van der Waals surface area contributed by atoms with Gasteiger partial charge in [-0.2, -0.15) is 13.2 Å². The van der Waals surface area contributed by atoms with Gasteiger partial charge in [0.1, 0.15) is 0 Å². The lowest BCUT2D eigenvalue weighted by Gasteiger charge is -2.32. The van der Waals surface area contributed by atoms with Gasteiger partial charge in [-0.1, -0.05) is 0 Å². The average Bonchev–Trinajstić information content (AvgIpc) is 2.56. The van der Waals surface area contributed by atoms with Gasteiger partial charge in [-0.3, -0.25) is 14.8 Å². The highest BCUT2D eigenvalue weighted by molar-refractivity contribution is 5.79. The Balaban J connectivity index is 2.21. The number of nitrogens with zero attached hydrogens (tertiary/aromatic N) is 3. The van der Waals surface area contributed by atoms with Gasteiger partial charge in [0, 0.05) is 38.8 Å². The van der Waals surface area contributed by atoms with Gasteiger partial charge in [-0.25, -0.2) is 0 Å². The van der Waals surface area contributed by atoms with Gasteiger partial charge in [-0.05, 0) is 66.0 Å². The van der Waals surface area contributed by atoms with Crippen molar-refractivity contribution < 1.29 is 13.2 Å². The van der Waals surface area contributed by atoms with Gasteiger partial charge in [0.15, 0.2) is 5.96 Å². The van der Waals surface area contributed by atoms with Gasteiger partial charge in [0.2, 0.25) is 0 Å². The van der Waals surface area contributed by atoms with Crippen LogP contribution < -0.4 is 10.6 Å². The number of rotatable bonds is 9. The molecule has 1 aliphatic heterocycles. The normalized spacial score (nSPS) is 18.0. The van der Waals surface area contributed by atoms with Crippen molar-refractivity contribution in [2.24, 2.45) is 10.9 Å². The number of halogens is 3. The molecule has 0 aromatic heterocycles. The lowest BCUT2D eigenvalue weighted by atomic mass is 9.93. The van der Waals surface area contributed by atoms with E-state index in [0.717, 1.165) is 44.9 Å². The molecule has 0 aliphatic carbocycles. The van der Waals surface area contributed by atoms with Crippen LogP contribution in [0.5, 0.6) is 0 Å². The number of aliphatic imine (C=N–C) groups is 1. The molecule has 0 atom stereocenters. The molecule has 0 unspecified atom stereocenters. The van der Waals surface area contributed by atoms with Crippen molar-refractivity contribution in [3.05, 3.63) is 0 Å². The Morgan fingerprint density at radius 1 is 1.07 bits per heavy atom. The number of hydrogen-bond acceptors (Lipinski definition) is 3. The van der Waals surface area contributed by atoms with Crippen LogP contribution in [0.2, 0.25) is 0 Å². The van der Waals surface area contributed by atoms with E-state index >= 15 is 0 Å². The summed E-state index contributed by atoms with van der Waals surface area (Å²) in [5.74, 6) is 1.27. The van der Waals surface area contributed by atoms with Crippen molar-refractivity contribution in [2.75, 3.05) is 46.3 Å². The number of likely N-dealkylation sites (tertiary alicyclic amines) is 1. The molecule has 2 N–H and O–H groups in total. The maximum atomic E-state index is 12.4. The van der Waals surface area contributed by atoms with Crippen molar-refractivity contribution in [3.63, 3.8) is 0 Å². The van der Waals surface area contributed by atoms with E-state index in [4.69, 9.17) is 0 Å². The quantitative estimate of drug-likeness (QED) is 0.467. The summed E-state index contributed by atoms with van der Waals surface area (Å²) < 4.78 is 37.3. The fourth-order valence-electron chi connectivity index (χ4n) is 3.72. The third-order valence-electron chi connectivity index (χ3n) is 5.17. The van der Waals surface area contributed by atoms with E-state index in [2.05, 4.69) is 48.2 Å². The Bertz CT molecular complexity index is 422. The number of nitrogens with one attached hydrogen (secondary N) is 2. The van der Waals surface area contributed by atoms with Crippen molar-refractivity contribution in [1.29, 1.82) is 0 Å². The lowest BCUT2D eigenvalue weighted by Crippen LogP contribution is -2.45. The molecule has 5 nitrogen and oxygen atoms in total. The molecule has 1 aliphatic rings.